The van der Waals surface area contributed by atoms with Gasteiger partial charge in [-0.2, -0.15) is 0 Å². The molecule has 0 spiro atoms. The lowest BCUT2D eigenvalue weighted by atomic mass is 9.96. The first-order valence-corrected chi connectivity index (χ1v) is 10.5. The molecule has 0 atom stereocenters. The molecule has 134 valence electrons. The van der Waals surface area contributed by atoms with Crippen molar-refractivity contribution in [2.24, 2.45) is 0 Å². The highest BCUT2D eigenvalue weighted by Crippen LogP contribution is 2.28. The van der Waals surface area contributed by atoms with Gasteiger partial charge in [0.1, 0.15) is 6.61 Å². The Balaban J connectivity index is 1.40. The van der Waals surface area contributed by atoms with Gasteiger partial charge in [0, 0.05) is 11.1 Å². The number of hydrogen-bond donors (Lipinski definition) is 1. The Morgan fingerprint density at radius 1 is 1.32 bits per heavy atom. The molecule has 1 fully saturated rings. The van der Waals surface area contributed by atoms with Crippen LogP contribution in [0.5, 0.6) is 0 Å². The number of ether oxygens (including phenoxy) is 1. The van der Waals surface area contributed by atoms with Crippen molar-refractivity contribution in [3.8, 4) is 0 Å². The highest BCUT2D eigenvalue weighted by atomic mass is 35.5. The minimum absolute atomic E-state index is 0.221. The van der Waals surface area contributed by atoms with E-state index >= 15 is 0 Å². The Kier molecular flexibility index (Phi) is 6.95. The fourth-order valence-corrected chi connectivity index (χ4v) is 4.54. The minimum Gasteiger partial charge on any atom is -0.460 e. The van der Waals surface area contributed by atoms with E-state index in [0.717, 1.165) is 15.0 Å². The Morgan fingerprint density at radius 3 is 2.96 bits per heavy atom. The van der Waals surface area contributed by atoms with Crippen LogP contribution in [0.3, 0.4) is 0 Å². The fraction of sp³-hybridized carbons (Fsp3) is 0.471. The normalized spacial score (nSPS) is 15.1. The molecule has 1 aliphatic rings. The molecular formula is C17H20ClN3O2S2. The van der Waals surface area contributed by atoms with Crippen LogP contribution in [0.15, 0.2) is 28.6 Å². The molecule has 3 rings (SSSR count). The molecule has 0 unspecified atom stereocenters. The van der Waals surface area contributed by atoms with Crippen LogP contribution in [-0.4, -0.2) is 28.0 Å². The van der Waals surface area contributed by atoms with E-state index in [2.05, 4.69) is 15.5 Å². The molecule has 2 aromatic rings. The van der Waals surface area contributed by atoms with E-state index in [1.54, 1.807) is 12.1 Å². The highest BCUT2D eigenvalue weighted by molar-refractivity contribution is 8.01. The van der Waals surface area contributed by atoms with Gasteiger partial charge in [-0.05, 0) is 30.5 Å². The second-order valence-electron chi connectivity index (χ2n) is 5.93. The van der Waals surface area contributed by atoms with Crippen molar-refractivity contribution in [3.05, 3.63) is 34.9 Å². The lowest BCUT2D eigenvalue weighted by Gasteiger charge is -2.21. The van der Waals surface area contributed by atoms with Crippen LogP contribution in [0, 0.1) is 0 Å². The van der Waals surface area contributed by atoms with Gasteiger partial charge in [-0.1, -0.05) is 66.1 Å². The van der Waals surface area contributed by atoms with E-state index in [-0.39, 0.29) is 18.3 Å². The van der Waals surface area contributed by atoms with Gasteiger partial charge in [-0.15, -0.1) is 10.2 Å². The second-order valence-corrected chi connectivity index (χ2v) is 8.57. The molecule has 0 amide bonds. The van der Waals surface area contributed by atoms with Crippen LogP contribution in [-0.2, 0) is 16.1 Å². The molecular weight excluding hydrogens is 378 g/mol. The number of aromatic nitrogens is 2. The van der Waals surface area contributed by atoms with Crippen LogP contribution >= 0.6 is 34.7 Å². The lowest BCUT2D eigenvalue weighted by molar-refractivity contribution is -0.141. The number of halogens is 1. The maximum atomic E-state index is 11.9. The first kappa shape index (κ1) is 18.5. The summed E-state index contributed by atoms with van der Waals surface area (Å²) in [4.78, 5) is 11.9. The lowest BCUT2D eigenvalue weighted by Crippen LogP contribution is -2.21. The highest BCUT2D eigenvalue weighted by Gasteiger charge is 2.15. The zero-order valence-corrected chi connectivity index (χ0v) is 16.1. The maximum Gasteiger partial charge on any atom is 0.316 e. The topological polar surface area (TPSA) is 64.1 Å². The molecule has 0 saturated heterocycles. The van der Waals surface area contributed by atoms with Gasteiger partial charge in [0.25, 0.3) is 0 Å². The predicted molar refractivity (Wildman–Crippen MR) is 102 cm³/mol. The molecule has 1 heterocycles. The number of anilines is 1. The summed E-state index contributed by atoms with van der Waals surface area (Å²) in [6, 6.07) is 7.79. The maximum absolute atomic E-state index is 11.9. The molecule has 0 radical (unpaired) electrons. The first-order valence-electron chi connectivity index (χ1n) is 8.32. The van der Waals surface area contributed by atoms with E-state index in [1.165, 1.54) is 55.2 Å². The number of carbonyl (C=O) groups is 1. The standard InChI is InChI=1S/C17H20ClN3O2S2/c18-13-6-4-5-12(9-13)10-23-15(22)11-24-17-21-20-16(25-17)19-14-7-2-1-3-8-14/h4-6,9,14H,1-3,7-8,10-11H2,(H,19,20). The second kappa shape index (κ2) is 9.40. The van der Waals surface area contributed by atoms with Crippen LogP contribution in [0.25, 0.3) is 0 Å². The largest absolute Gasteiger partial charge is 0.460 e. The number of nitrogens with one attached hydrogen (secondary N) is 1. The molecule has 0 aliphatic heterocycles. The van der Waals surface area contributed by atoms with E-state index in [1.807, 2.05) is 12.1 Å². The van der Waals surface area contributed by atoms with Crippen LogP contribution < -0.4 is 5.32 Å². The summed E-state index contributed by atoms with van der Waals surface area (Å²) >= 11 is 8.75. The number of carbonyl (C=O) groups excluding carboxylic acids is 1. The third-order valence-electron chi connectivity index (χ3n) is 3.94. The quantitative estimate of drug-likeness (QED) is 0.536. The van der Waals surface area contributed by atoms with Crippen LogP contribution in [0.1, 0.15) is 37.7 Å². The summed E-state index contributed by atoms with van der Waals surface area (Å²) in [5.41, 5.74) is 0.876. The van der Waals surface area contributed by atoms with E-state index in [9.17, 15) is 4.79 Å². The van der Waals surface area contributed by atoms with Gasteiger partial charge >= 0.3 is 5.97 Å². The van der Waals surface area contributed by atoms with Gasteiger partial charge in [-0.25, -0.2) is 0 Å². The van der Waals surface area contributed by atoms with E-state index in [4.69, 9.17) is 16.3 Å². The van der Waals surface area contributed by atoms with Crippen molar-refractivity contribution in [3.63, 3.8) is 0 Å². The van der Waals surface area contributed by atoms with Crippen molar-refractivity contribution in [1.82, 2.24) is 10.2 Å². The third-order valence-corrected chi connectivity index (χ3v) is 6.14. The molecule has 0 bridgehead atoms. The number of benzene rings is 1. The third kappa shape index (κ3) is 6.17. The van der Waals surface area contributed by atoms with Gasteiger partial charge in [-0.3, -0.25) is 4.79 Å². The first-order chi connectivity index (χ1) is 12.2. The molecule has 1 aromatic heterocycles. The Morgan fingerprint density at radius 2 is 2.16 bits per heavy atom. The molecule has 1 aliphatic carbocycles. The number of esters is 1. The summed E-state index contributed by atoms with van der Waals surface area (Å²) in [7, 11) is 0. The molecule has 5 nitrogen and oxygen atoms in total. The molecule has 1 saturated carbocycles. The van der Waals surface area contributed by atoms with Gasteiger partial charge in [0.05, 0.1) is 5.75 Å². The van der Waals surface area contributed by atoms with E-state index in [0.29, 0.717) is 11.1 Å². The van der Waals surface area contributed by atoms with Crippen molar-refractivity contribution < 1.29 is 9.53 Å². The minimum atomic E-state index is -0.276. The van der Waals surface area contributed by atoms with Gasteiger partial charge < -0.3 is 10.1 Å². The summed E-state index contributed by atoms with van der Waals surface area (Å²) < 4.78 is 6.03. The Bertz CT molecular complexity index is 705. The molecule has 8 heteroatoms. The number of hydrogen-bond acceptors (Lipinski definition) is 7. The van der Waals surface area contributed by atoms with E-state index < -0.39 is 0 Å². The molecule has 1 aromatic carbocycles. The SMILES string of the molecule is O=C(CSc1nnc(NC2CCCCC2)s1)OCc1cccc(Cl)c1. The summed E-state index contributed by atoms with van der Waals surface area (Å²) in [5, 5.41) is 13.2. The Hall–Kier alpha value is -1.31. The summed E-state index contributed by atoms with van der Waals surface area (Å²) in [6.45, 7) is 0.227. The van der Waals surface area contributed by atoms with Crippen molar-refractivity contribution in [1.29, 1.82) is 0 Å². The fourth-order valence-electron chi connectivity index (χ4n) is 2.70. The summed E-state index contributed by atoms with van der Waals surface area (Å²) in [5.74, 6) is -0.0551. The van der Waals surface area contributed by atoms with Crippen LogP contribution in [0.2, 0.25) is 5.02 Å². The van der Waals surface area contributed by atoms with Gasteiger partial charge in [0.15, 0.2) is 4.34 Å². The number of rotatable bonds is 7. The van der Waals surface area contributed by atoms with Crippen molar-refractivity contribution in [2.45, 2.75) is 49.1 Å². The summed E-state index contributed by atoms with van der Waals surface area (Å²) in [6.07, 6.45) is 6.26. The number of nitrogens with zero attached hydrogens (tertiary/aromatic N) is 2. The Labute approximate surface area is 160 Å². The van der Waals surface area contributed by atoms with Gasteiger partial charge in [0.2, 0.25) is 5.13 Å². The number of thioether (sulfide) groups is 1. The van der Waals surface area contributed by atoms with Crippen molar-refractivity contribution >= 4 is 45.8 Å². The zero-order chi connectivity index (χ0) is 17.5. The average molecular weight is 398 g/mol. The van der Waals surface area contributed by atoms with Crippen LogP contribution in [0.4, 0.5) is 5.13 Å². The zero-order valence-electron chi connectivity index (χ0n) is 13.7. The average Bonchev–Trinajstić information content (AvgIpc) is 3.06. The van der Waals surface area contributed by atoms with Crippen molar-refractivity contribution in [2.75, 3.05) is 11.1 Å². The molecule has 25 heavy (non-hydrogen) atoms. The predicted octanol–water partition coefficient (Wildman–Crippen LogP) is 4.77. The smallest absolute Gasteiger partial charge is 0.316 e. The molecule has 1 N–H and O–H groups in total. The monoisotopic (exact) mass is 397 g/mol.